The Kier molecular flexibility index (Phi) is 5.57. The van der Waals surface area contributed by atoms with Gasteiger partial charge in [-0.05, 0) is 32.1 Å². The number of phenols is 1. The number of para-hydroxylation sites is 2. The van der Waals surface area contributed by atoms with E-state index in [1.165, 1.54) is 0 Å². The maximum atomic E-state index is 11.3. The standard InChI is InChI=1S/C28H28N2O4S/c1-28(2)22-10-5-7-12-24(22)30(15-8-16-35(32,33)34)27(28)14-13-19-17-21-20-9-4-6-11-23(20)29(3)25(21)18-26(19)31/h4-7,9-14,17-18H,8,15-16H2,1-3H3,(H,32,33,34)/p+1. The number of aromatic hydroxyl groups is 1. The Balaban J connectivity index is 1.60. The molecule has 0 unspecified atom stereocenters. The van der Waals surface area contributed by atoms with Gasteiger partial charge in [0.15, 0.2) is 5.71 Å². The summed E-state index contributed by atoms with van der Waals surface area (Å²) in [5, 5.41) is 13.1. The molecule has 0 saturated carbocycles. The fraction of sp³-hybridized carbons (Fsp3) is 0.250. The molecular weight excluding hydrogens is 460 g/mol. The average Bonchev–Trinajstić information content (AvgIpc) is 3.20. The normalized spacial score (nSPS) is 15.5. The number of aromatic nitrogens is 1. The summed E-state index contributed by atoms with van der Waals surface area (Å²) >= 11 is 0. The van der Waals surface area contributed by atoms with Crippen LogP contribution < -0.4 is 0 Å². The zero-order chi connectivity index (χ0) is 25.0. The smallest absolute Gasteiger partial charge is 0.265 e. The van der Waals surface area contributed by atoms with Crippen molar-refractivity contribution in [3.8, 4) is 5.75 Å². The van der Waals surface area contributed by atoms with Crippen LogP contribution in [0.5, 0.6) is 5.75 Å². The number of aryl methyl sites for hydroxylation is 1. The first-order valence-corrected chi connectivity index (χ1v) is 13.3. The lowest BCUT2D eigenvalue weighted by Crippen LogP contribution is -2.28. The highest BCUT2D eigenvalue weighted by molar-refractivity contribution is 7.85. The third kappa shape index (κ3) is 4.05. The molecule has 0 spiro atoms. The van der Waals surface area contributed by atoms with Crippen molar-refractivity contribution in [1.29, 1.82) is 0 Å². The molecule has 0 saturated heterocycles. The van der Waals surface area contributed by atoms with Gasteiger partial charge in [0.05, 0.1) is 16.7 Å². The Hall–Kier alpha value is -3.42. The minimum absolute atomic E-state index is 0.200. The van der Waals surface area contributed by atoms with E-state index in [0.29, 0.717) is 18.5 Å². The lowest BCUT2D eigenvalue weighted by molar-refractivity contribution is -0.437. The molecule has 0 atom stereocenters. The van der Waals surface area contributed by atoms with Crippen molar-refractivity contribution in [3.05, 3.63) is 77.9 Å². The van der Waals surface area contributed by atoms with Crippen LogP contribution in [0.15, 0.2) is 66.7 Å². The van der Waals surface area contributed by atoms with E-state index in [1.807, 2.05) is 55.6 Å². The molecule has 0 fully saturated rings. The predicted octanol–water partition coefficient (Wildman–Crippen LogP) is 5.40. The molecule has 1 aliphatic rings. The van der Waals surface area contributed by atoms with E-state index in [2.05, 4.69) is 41.2 Å². The third-order valence-corrected chi connectivity index (χ3v) is 7.87. The van der Waals surface area contributed by atoms with Crippen LogP contribution in [0.3, 0.4) is 0 Å². The third-order valence-electron chi connectivity index (χ3n) is 7.07. The quantitative estimate of drug-likeness (QED) is 0.280. The van der Waals surface area contributed by atoms with Gasteiger partial charge in [-0.3, -0.25) is 4.55 Å². The van der Waals surface area contributed by atoms with Gasteiger partial charge in [0.25, 0.3) is 10.1 Å². The van der Waals surface area contributed by atoms with Gasteiger partial charge in [-0.1, -0.05) is 36.4 Å². The second kappa shape index (κ2) is 8.36. The number of allylic oxidation sites excluding steroid dienone is 1. The van der Waals surface area contributed by atoms with E-state index in [1.54, 1.807) is 6.07 Å². The molecule has 35 heavy (non-hydrogen) atoms. The molecule has 0 aliphatic carbocycles. The zero-order valence-corrected chi connectivity index (χ0v) is 20.9. The first kappa shape index (κ1) is 23.3. The highest BCUT2D eigenvalue weighted by Crippen LogP contribution is 2.40. The lowest BCUT2D eigenvalue weighted by atomic mass is 9.81. The maximum absolute atomic E-state index is 11.3. The van der Waals surface area contributed by atoms with E-state index in [4.69, 9.17) is 0 Å². The van der Waals surface area contributed by atoms with Crippen LogP contribution in [0.2, 0.25) is 0 Å². The molecular formula is C28H29N2O4S+. The molecule has 0 amide bonds. The Morgan fingerprint density at radius 2 is 1.69 bits per heavy atom. The van der Waals surface area contributed by atoms with Crippen LogP contribution >= 0.6 is 0 Å². The highest BCUT2D eigenvalue weighted by Gasteiger charge is 2.43. The van der Waals surface area contributed by atoms with Gasteiger partial charge < -0.3 is 9.67 Å². The summed E-state index contributed by atoms with van der Waals surface area (Å²) in [6.07, 6.45) is 4.24. The Morgan fingerprint density at radius 3 is 2.46 bits per heavy atom. The van der Waals surface area contributed by atoms with Crippen LogP contribution in [-0.2, 0) is 22.6 Å². The molecule has 0 radical (unpaired) electrons. The zero-order valence-electron chi connectivity index (χ0n) is 20.1. The number of phenolic OH excluding ortho intramolecular Hbond substituents is 1. The lowest BCUT2D eigenvalue weighted by Gasteiger charge is -2.15. The molecule has 1 aliphatic heterocycles. The van der Waals surface area contributed by atoms with E-state index >= 15 is 0 Å². The molecule has 180 valence electrons. The SMILES string of the molecule is Cn1c2ccccc2c2cc(/C=C/C3=[N+](CCCS(=O)(=O)O)c4ccccc4C3(C)C)c(O)cc21. The first-order chi connectivity index (χ1) is 16.6. The van der Waals surface area contributed by atoms with Gasteiger partial charge >= 0.3 is 0 Å². The van der Waals surface area contributed by atoms with Crippen LogP contribution in [0.25, 0.3) is 27.9 Å². The molecule has 1 aromatic heterocycles. The van der Waals surface area contributed by atoms with Crippen LogP contribution in [0.4, 0.5) is 5.69 Å². The molecule has 2 heterocycles. The van der Waals surface area contributed by atoms with Gasteiger partial charge in [0.2, 0.25) is 5.69 Å². The first-order valence-electron chi connectivity index (χ1n) is 11.7. The van der Waals surface area contributed by atoms with Crippen molar-refractivity contribution in [3.63, 3.8) is 0 Å². The van der Waals surface area contributed by atoms with Crippen molar-refractivity contribution in [2.45, 2.75) is 25.7 Å². The van der Waals surface area contributed by atoms with Gasteiger partial charge in [-0.2, -0.15) is 13.0 Å². The summed E-state index contributed by atoms with van der Waals surface area (Å²) in [7, 11) is -2.03. The van der Waals surface area contributed by atoms with Crippen LogP contribution in [0, 0.1) is 0 Å². The number of fused-ring (bicyclic) bond motifs is 4. The summed E-state index contributed by atoms with van der Waals surface area (Å²) in [5.41, 5.74) is 5.66. The fourth-order valence-electron chi connectivity index (χ4n) is 5.30. The molecule has 4 aromatic rings. The fourth-order valence-corrected chi connectivity index (χ4v) is 5.79. The Bertz CT molecular complexity index is 1640. The molecule has 3 aromatic carbocycles. The molecule has 7 heteroatoms. The average molecular weight is 490 g/mol. The van der Waals surface area contributed by atoms with Gasteiger partial charge in [0.1, 0.15) is 12.3 Å². The monoisotopic (exact) mass is 489 g/mol. The van der Waals surface area contributed by atoms with Crippen molar-refractivity contribution in [1.82, 2.24) is 4.57 Å². The van der Waals surface area contributed by atoms with E-state index in [9.17, 15) is 18.1 Å². The largest absolute Gasteiger partial charge is 0.507 e. The number of nitrogens with zero attached hydrogens (tertiary/aromatic N) is 2. The second-order valence-electron chi connectivity index (χ2n) is 9.66. The maximum Gasteiger partial charge on any atom is 0.265 e. The van der Waals surface area contributed by atoms with Gasteiger partial charge in [-0.15, -0.1) is 0 Å². The highest BCUT2D eigenvalue weighted by atomic mass is 32.2. The Morgan fingerprint density at radius 1 is 0.971 bits per heavy atom. The van der Waals surface area contributed by atoms with Crippen molar-refractivity contribution in [2.24, 2.45) is 7.05 Å². The van der Waals surface area contributed by atoms with Gasteiger partial charge in [-0.25, -0.2) is 0 Å². The summed E-state index contributed by atoms with van der Waals surface area (Å²) in [5.74, 6) is -0.0896. The molecule has 0 bridgehead atoms. The Labute approximate surface area is 205 Å². The number of hydrogen-bond acceptors (Lipinski definition) is 3. The number of hydrogen-bond donors (Lipinski definition) is 2. The van der Waals surface area contributed by atoms with Crippen molar-refractivity contribution in [2.75, 3.05) is 12.3 Å². The summed E-state index contributed by atoms with van der Waals surface area (Å²) in [6.45, 7) is 4.73. The summed E-state index contributed by atoms with van der Waals surface area (Å²) in [4.78, 5) is 0. The van der Waals surface area contributed by atoms with Crippen LogP contribution in [-0.4, -0.2) is 45.2 Å². The summed E-state index contributed by atoms with van der Waals surface area (Å²) < 4.78 is 36.0. The van der Waals surface area contributed by atoms with E-state index in [0.717, 1.165) is 38.8 Å². The van der Waals surface area contributed by atoms with Crippen molar-refractivity contribution < 1.29 is 22.7 Å². The molecule has 5 rings (SSSR count). The van der Waals surface area contributed by atoms with Gasteiger partial charge in [0, 0.05) is 59.1 Å². The predicted molar refractivity (Wildman–Crippen MR) is 141 cm³/mol. The van der Waals surface area contributed by atoms with E-state index in [-0.39, 0.29) is 16.9 Å². The minimum atomic E-state index is -4.03. The number of benzene rings is 3. The van der Waals surface area contributed by atoms with E-state index < -0.39 is 10.1 Å². The minimum Gasteiger partial charge on any atom is -0.507 e. The number of rotatable bonds is 6. The summed E-state index contributed by atoms with van der Waals surface area (Å²) in [6, 6.07) is 20.1. The molecule has 2 N–H and O–H groups in total. The van der Waals surface area contributed by atoms with Crippen molar-refractivity contribution >= 4 is 49.4 Å². The second-order valence-corrected chi connectivity index (χ2v) is 11.2. The topological polar surface area (TPSA) is 82.5 Å². The molecule has 6 nitrogen and oxygen atoms in total. The van der Waals surface area contributed by atoms with Crippen LogP contribution in [0.1, 0.15) is 31.4 Å².